The first-order valence-corrected chi connectivity index (χ1v) is 8.47. The van der Waals surface area contributed by atoms with Gasteiger partial charge in [0, 0.05) is 23.3 Å². The number of hydrogen-bond donors (Lipinski definition) is 2. The van der Waals surface area contributed by atoms with Gasteiger partial charge in [0.2, 0.25) is 0 Å². The number of nitrogens with two attached hydrogens (primary N) is 1. The van der Waals surface area contributed by atoms with Gasteiger partial charge in [0.15, 0.2) is 5.84 Å². The van der Waals surface area contributed by atoms with Crippen LogP contribution in [-0.4, -0.2) is 37.2 Å². The Kier molecular flexibility index (Phi) is 5.49. The Labute approximate surface area is 111 Å². The Morgan fingerprint density at radius 2 is 2.11 bits per heavy atom. The van der Waals surface area contributed by atoms with E-state index in [9.17, 15) is 8.42 Å². The number of sulfone groups is 1. The van der Waals surface area contributed by atoms with E-state index in [1.54, 1.807) is 12.1 Å². The van der Waals surface area contributed by atoms with Crippen molar-refractivity contribution in [2.45, 2.75) is 5.75 Å². The number of amidine groups is 1. The van der Waals surface area contributed by atoms with E-state index in [2.05, 4.69) is 5.16 Å². The smallest absolute Gasteiger partial charge is 0.170 e. The number of thioether (sulfide) groups is 1. The molecule has 0 aliphatic carbocycles. The van der Waals surface area contributed by atoms with Gasteiger partial charge in [-0.15, -0.1) is 0 Å². The van der Waals surface area contributed by atoms with E-state index in [1.165, 1.54) is 18.0 Å². The predicted octanol–water partition coefficient (Wildman–Crippen LogP) is 1.06. The van der Waals surface area contributed by atoms with Crippen molar-refractivity contribution < 1.29 is 13.6 Å². The van der Waals surface area contributed by atoms with Crippen molar-refractivity contribution in [1.29, 1.82) is 0 Å². The highest BCUT2D eigenvalue weighted by Gasteiger charge is 2.07. The van der Waals surface area contributed by atoms with Crippen LogP contribution in [0, 0.1) is 0 Å². The molecule has 7 heteroatoms. The average molecular weight is 288 g/mol. The molecule has 0 radical (unpaired) electrons. The second kappa shape index (κ2) is 6.65. The Morgan fingerprint density at radius 1 is 1.44 bits per heavy atom. The Morgan fingerprint density at radius 3 is 2.72 bits per heavy atom. The zero-order valence-electron chi connectivity index (χ0n) is 10.0. The lowest BCUT2D eigenvalue weighted by atomic mass is 10.1. The lowest BCUT2D eigenvalue weighted by Gasteiger charge is -2.07. The van der Waals surface area contributed by atoms with Gasteiger partial charge < -0.3 is 10.9 Å². The van der Waals surface area contributed by atoms with E-state index in [4.69, 9.17) is 10.9 Å². The van der Waals surface area contributed by atoms with E-state index < -0.39 is 9.84 Å². The predicted molar refractivity (Wildman–Crippen MR) is 74.8 cm³/mol. The molecule has 0 saturated heterocycles. The lowest BCUT2D eigenvalue weighted by molar-refractivity contribution is 0.318. The minimum atomic E-state index is -2.92. The fourth-order valence-electron chi connectivity index (χ4n) is 1.34. The van der Waals surface area contributed by atoms with Crippen LogP contribution < -0.4 is 5.73 Å². The molecule has 0 spiro atoms. The van der Waals surface area contributed by atoms with Gasteiger partial charge in [-0.3, -0.25) is 0 Å². The summed E-state index contributed by atoms with van der Waals surface area (Å²) in [6.07, 6.45) is 1.22. The Bertz CT molecular complexity index is 527. The maximum absolute atomic E-state index is 11.0. The molecule has 0 heterocycles. The summed E-state index contributed by atoms with van der Waals surface area (Å²) >= 11 is 1.50. The van der Waals surface area contributed by atoms with Crippen LogP contribution in [0.25, 0.3) is 0 Å². The highest BCUT2D eigenvalue weighted by atomic mass is 32.2. The zero-order chi connectivity index (χ0) is 13.6. The van der Waals surface area contributed by atoms with Crippen LogP contribution in [0.5, 0.6) is 0 Å². The van der Waals surface area contributed by atoms with Gasteiger partial charge in [0.1, 0.15) is 9.84 Å². The van der Waals surface area contributed by atoms with Crippen molar-refractivity contribution in [2.75, 3.05) is 17.8 Å². The summed E-state index contributed by atoms with van der Waals surface area (Å²) in [4.78, 5) is 0. The van der Waals surface area contributed by atoms with Crippen molar-refractivity contribution in [3.8, 4) is 0 Å². The molecule has 1 aromatic rings. The van der Waals surface area contributed by atoms with Crippen molar-refractivity contribution in [3.05, 3.63) is 35.4 Å². The van der Waals surface area contributed by atoms with Gasteiger partial charge in [-0.2, -0.15) is 11.8 Å². The van der Waals surface area contributed by atoms with Crippen molar-refractivity contribution in [1.82, 2.24) is 0 Å². The normalized spacial score (nSPS) is 12.6. The molecule has 1 rings (SSSR count). The molecule has 0 aromatic heterocycles. The van der Waals surface area contributed by atoms with Crippen LogP contribution in [0.4, 0.5) is 0 Å². The highest BCUT2D eigenvalue weighted by Crippen LogP contribution is 2.16. The van der Waals surface area contributed by atoms with Crippen LogP contribution in [0.15, 0.2) is 29.4 Å². The quantitative estimate of drug-likeness (QED) is 0.268. The second-order valence-corrected chi connectivity index (χ2v) is 7.19. The topological polar surface area (TPSA) is 92.8 Å². The standard InChI is InChI=1S/C11H16N2O3S2/c1-18(15,16)7-6-17-8-9-4-2-3-5-10(9)11(12)13-14/h2-5,14H,6-8H2,1H3,(H2,12,13). The van der Waals surface area contributed by atoms with E-state index in [0.717, 1.165) is 5.56 Å². The Balaban J connectivity index is 2.63. The maximum Gasteiger partial charge on any atom is 0.170 e. The van der Waals surface area contributed by atoms with E-state index in [0.29, 0.717) is 17.1 Å². The molecule has 5 nitrogen and oxygen atoms in total. The zero-order valence-corrected chi connectivity index (χ0v) is 11.7. The first-order chi connectivity index (χ1) is 8.44. The summed E-state index contributed by atoms with van der Waals surface area (Å²) in [6.45, 7) is 0. The summed E-state index contributed by atoms with van der Waals surface area (Å²) in [5.41, 5.74) is 7.16. The van der Waals surface area contributed by atoms with E-state index >= 15 is 0 Å². The fraction of sp³-hybridized carbons (Fsp3) is 0.364. The third kappa shape index (κ3) is 4.97. The minimum absolute atomic E-state index is 0.0642. The summed E-state index contributed by atoms with van der Waals surface area (Å²) in [7, 11) is -2.92. The molecule has 0 aliphatic rings. The highest BCUT2D eigenvalue weighted by molar-refractivity contribution is 7.99. The molecule has 0 saturated carbocycles. The Hall–Kier alpha value is -1.21. The molecular formula is C11H16N2O3S2. The monoisotopic (exact) mass is 288 g/mol. The van der Waals surface area contributed by atoms with Crippen LogP contribution in [0.3, 0.4) is 0 Å². The molecule has 0 amide bonds. The first-order valence-electron chi connectivity index (χ1n) is 5.25. The minimum Gasteiger partial charge on any atom is -0.409 e. The number of hydrogen-bond acceptors (Lipinski definition) is 5. The molecule has 0 bridgehead atoms. The van der Waals surface area contributed by atoms with Gasteiger partial charge in [-0.1, -0.05) is 29.4 Å². The number of rotatable bonds is 6. The van der Waals surface area contributed by atoms with Gasteiger partial charge in [-0.05, 0) is 5.56 Å². The first kappa shape index (κ1) is 14.8. The summed E-state index contributed by atoms with van der Waals surface area (Å²) in [6, 6.07) is 7.31. The van der Waals surface area contributed by atoms with Crippen molar-refractivity contribution in [3.63, 3.8) is 0 Å². The summed E-state index contributed by atoms with van der Waals surface area (Å²) in [5, 5.41) is 11.6. The average Bonchev–Trinajstić information content (AvgIpc) is 2.33. The number of nitrogens with zero attached hydrogens (tertiary/aromatic N) is 1. The van der Waals surface area contributed by atoms with Crippen LogP contribution in [0.1, 0.15) is 11.1 Å². The molecule has 0 unspecified atom stereocenters. The number of oxime groups is 1. The molecule has 3 N–H and O–H groups in total. The SMILES string of the molecule is CS(=O)(=O)CCSCc1ccccc1C(N)=NO. The maximum atomic E-state index is 11.0. The van der Waals surface area contributed by atoms with E-state index in [-0.39, 0.29) is 11.6 Å². The number of benzene rings is 1. The third-order valence-electron chi connectivity index (χ3n) is 2.26. The van der Waals surface area contributed by atoms with Gasteiger partial charge >= 0.3 is 0 Å². The van der Waals surface area contributed by atoms with Crippen molar-refractivity contribution in [2.24, 2.45) is 10.9 Å². The second-order valence-electron chi connectivity index (χ2n) is 3.82. The van der Waals surface area contributed by atoms with E-state index in [1.807, 2.05) is 12.1 Å². The molecule has 18 heavy (non-hydrogen) atoms. The third-order valence-corrected chi connectivity index (χ3v) is 4.47. The molecular weight excluding hydrogens is 272 g/mol. The summed E-state index contributed by atoms with van der Waals surface area (Å²) in [5.74, 6) is 1.38. The van der Waals surface area contributed by atoms with Crippen LogP contribution in [0.2, 0.25) is 0 Å². The fourth-order valence-corrected chi connectivity index (χ4v) is 3.64. The lowest BCUT2D eigenvalue weighted by Crippen LogP contribution is -2.15. The molecule has 0 aliphatic heterocycles. The van der Waals surface area contributed by atoms with Crippen LogP contribution in [-0.2, 0) is 15.6 Å². The van der Waals surface area contributed by atoms with Gasteiger partial charge in [0.25, 0.3) is 0 Å². The van der Waals surface area contributed by atoms with Crippen LogP contribution >= 0.6 is 11.8 Å². The molecule has 0 atom stereocenters. The van der Waals surface area contributed by atoms with Gasteiger partial charge in [0.05, 0.1) is 5.75 Å². The molecule has 0 fully saturated rings. The molecule has 1 aromatic carbocycles. The van der Waals surface area contributed by atoms with Crippen molar-refractivity contribution >= 4 is 27.4 Å². The largest absolute Gasteiger partial charge is 0.409 e. The van der Waals surface area contributed by atoms with Gasteiger partial charge in [-0.25, -0.2) is 8.42 Å². The summed E-state index contributed by atoms with van der Waals surface area (Å²) < 4.78 is 22.0. The molecule has 100 valence electrons.